The summed E-state index contributed by atoms with van der Waals surface area (Å²) in [7, 11) is 0. The number of hydrogen-bond acceptors (Lipinski definition) is 5. The third-order valence-electron chi connectivity index (χ3n) is 5.05. The van der Waals surface area contributed by atoms with Crippen molar-refractivity contribution in [1.82, 2.24) is 19.9 Å². The van der Waals surface area contributed by atoms with Crippen molar-refractivity contribution in [3.63, 3.8) is 0 Å². The SMILES string of the molecule is O=C(Nc1ccc(N2CCOCC2)cn1)N1CCC(c2ncc[nH]2)CC1. The number of piperidine rings is 1. The Morgan fingerprint density at radius 1 is 1.15 bits per heavy atom. The first kappa shape index (κ1) is 16.8. The van der Waals surface area contributed by atoms with E-state index in [0.29, 0.717) is 11.7 Å². The fourth-order valence-electron chi connectivity index (χ4n) is 3.51. The Balaban J connectivity index is 1.29. The van der Waals surface area contributed by atoms with Gasteiger partial charge in [-0.2, -0.15) is 0 Å². The van der Waals surface area contributed by atoms with Crippen molar-refractivity contribution in [1.29, 1.82) is 0 Å². The van der Waals surface area contributed by atoms with Crippen LogP contribution in [0.1, 0.15) is 24.6 Å². The number of H-pyrrole nitrogens is 1. The first-order chi connectivity index (χ1) is 12.8. The minimum absolute atomic E-state index is 0.0884. The number of rotatable bonds is 3. The molecule has 2 aromatic heterocycles. The van der Waals surface area contributed by atoms with Gasteiger partial charge in [-0.05, 0) is 25.0 Å². The number of carbonyl (C=O) groups excluding carboxylic acids is 1. The van der Waals surface area contributed by atoms with Gasteiger partial charge in [0.15, 0.2) is 0 Å². The maximum atomic E-state index is 12.5. The molecule has 4 heterocycles. The molecule has 2 aliphatic heterocycles. The summed E-state index contributed by atoms with van der Waals surface area (Å²) in [6.45, 7) is 4.68. The molecule has 2 aromatic rings. The average molecular weight is 356 g/mol. The molecule has 0 bridgehead atoms. The maximum Gasteiger partial charge on any atom is 0.323 e. The van der Waals surface area contributed by atoms with Crippen LogP contribution in [0.3, 0.4) is 0 Å². The van der Waals surface area contributed by atoms with Gasteiger partial charge in [0.25, 0.3) is 0 Å². The van der Waals surface area contributed by atoms with Crippen molar-refractivity contribution in [2.45, 2.75) is 18.8 Å². The van der Waals surface area contributed by atoms with Gasteiger partial charge in [0.1, 0.15) is 11.6 Å². The number of ether oxygens (including phenoxy) is 1. The highest BCUT2D eigenvalue weighted by molar-refractivity contribution is 5.88. The number of aromatic nitrogens is 3. The number of likely N-dealkylation sites (tertiary alicyclic amines) is 1. The van der Waals surface area contributed by atoms with Crippen LogP contribution >= 0.6 is 0 Å². The van der Waals surface area contributed by atoms with E-state index in [1.54, 1.807) is 6.20 Å². The van der Waals surface area contributed by atoms with E-state index in [4.69, 9.17) is 4.74 Å². The van der Waals surface area contributed by atoms with Gasteiger partial charge in [-0.3, -0.25) is 5.32 Å². The fourth-order valence-corrected chi connectivity index (χ4v) is 3.51. The maximum absolute atomic E-state index is 12.5. The predicted molar refractivity (Wildman–Crippen MR) is 98.4 cm³/mol. The molecule has 2 fully saturated rings. The van der Waals surface area contributed by atoms with Gasteiger partial charge in [-0.15, -0.1) is 0 Å². The molecule has 0 saturated carbocycles. The Hall–Kier alpha value is -2.61. The third kappa shape index (κ3) is 3.80. The number of urea groups is 1. The third-order valence-corrected chi connectivity index (χ3v) is 5.05. The monoisotopic (exact) mass is 356 g/mol. The Morgan fingerprint density at radius 2 is 1.96 bits per heavy atom. The molecule has 8 heteroatoms. The van der Waals surface area contributed by atoms with E-state index < -0.39 is 0 Å². The summed E-state index contributed by atoms with van der Waals surface area (Å²) >= 11 is 0. The Bertz CT molecular complexity index is 704. The van der Waals surface area contributed by atoms with Crippen LogP contribution in [0.4, 0.5) is 16.3 Å². The Kier molecular flexibility index (Phi) is 5.01. The number of pyridine rings is 1. The van der Waals surface area contributed by atoms with Crippen LogP contribution in [0, 0.1) is 0 Å². The molecule has 4 rings (SSSR count). The van der Waals surface area contributed by atoms with E-state index in [1.165, 1.54) is 0 Å². The highest BCUT2D eigenvalue weighted by atomic mass is 16.5. The van der Waals surface area contributed by atoms with Crippen molar-refractivity contribution in [2.75, 3.05) is 49.6 Å². The van der Waals surface area contributed by atoms with Gasteiger partial charge in [-0.25, -0.2) is 14.8 Å². The van der Waals surface area contributed by atoms with Crippen LogP contribution < -0.4 is 10.2 Å². The first-order valence-electron chi connectivity index (χ1n) is 9.13. The molecule has 2 amide bonds. The normalized spacial score (nSPS) is 18.8. The van der Waals surface area contributed by atoms with Gasteiger partial charge in [0, 0.05) is 44.5 Å². The fraction of sp³-hybridized carbons (Fsp3) is 0.500. The summed E-state index contributed by atoms with van der Waals surface area (Å²) in [5.74, 6) is 2.01. The molecule has 2 aliphatic rings. The zero-order chi connectivity index (χ0) is 17.8. The van der Waals surface area contributed by atoms with Gasteiger partial charge in [-0.1, -0.05) is 0 Å². The molecule has 2 saturated heterocycles. The molecule has 2 N–H and O–H groups in total. The number of carbonyl (C=O) groups is 1. The second-order valence-corrected chi connectivity index (χ2v) is 6.67. The number of imidazole rings is 1. The van der Waals surface area contributed by atoms with Gasteiger partial charge < -0.3 is 19.5 Å². The van der Waals surface area contributed by atoms with E-state index in [2.05, 4.69) is 25.2 Å². The van der Waals surface area contributed by atoms with Crippen molar-refractivity contribution >= 4 is 17.5 Å². The second-order valence-electron chi connectivity index (χ2n) is 6.67. The van der Waals surface area contributed by atoms with Gasteiger partial charge >= 0.3 is 6.03 Å². The lowest BCUT2D eigenvalue weighted by Crippen LogP contribution is -2.40. The first-order valence-corrected chi connectivity index (χ1v) is 9.13. The molecule has 138 valence electrons. The van der Waals surface area contributed by atoms with Crippen LogP contribution in [-0.2, 0) is 4.74 Å². The molecule has 0 spiro atoms. The van der Waals surface area contributed by atoms with E-state index >= 15 is 0 Å². The molecule has 0 aliphatic carbocycles. The zero-order valence-corrected chi connectivity index (χ0v) is 14.7. The standard InChI is InChI=1S/C18H24N6O2/c25-18(24-7-3-14(4-8-24)17-19-5-6-20-17)22-16-2-1-15(13-21-16)23-9-11-26-12-10-23/h1-2,5-6,13-14H,3-4,7-12H2,(H,19,20)(H,21,22,25). The summed E-state index contributed by atoms with van der Waals surface area (Å²) in [5.41, 5.74) is 1.06. The van der Waals surface area contributed by atoms with Crippen molar-refractivity contribution in [3.05, 3.63) is 36.5 Å². The predicted octanol–water partition coefficient (Wildman–Crippen LogP) is 2.05. The summed E-state index contributed by atoms with van der Waals surface area (Å²) in [6.07, 6.45) is 7.28. The molecule has 0 aromatic carbocycles. The summed E-state index contributed by atoms with van der Waals surface area (Å²) < 4.78 is 5.37. The highest BCUT2D eigenvalue weighted by Gasteiger charge is 2.25. The largest absolute Gasteiger partial charge is 0.378 e. The Labute approximate surface area is 152 Å². The number of nitrogens with zero attached hydrogens (tertiary/aromatic N) is 4. The van der Waals surface area contributed by atoms with Crippen LogP contribution in [-0.4, -0.2) is 65.3 Å². The number of anilines is 2. The Morgan fingerprint density at radius 3 is 2.62 bits per heavy atom. The molecule has 0 radical (unpaired) electrons. The molecular formula is C18H24N6O2. The average Bonchev–Trinajstić information content (AvgIpc) is 3.24. The number of nitrogens with one attached hydrogen (secondary N) is 2. The second kappa shape index (κ2) is 7.74. The number of morpholine rings is 1. The van der Waals surface area contributed by atoms with Crippen LogP contribution in [0.5, 0.6) is 0 Å². The van der Waals surface area contributed by atoms with Crippen LogP contribution in [0.2, 0.25) is 0 Å². The van der Waals surface area contributed by atoms with Crippen molar-refractivity contribution in [3.8, 4) is 0 Å². The minimum Gasteiger partial charge on any atom is -0.378 e. The van der Waals surface area contributed by atoms with Crippen molar-refractivity contribution in [2.24, 2.45) is 0 Å². The summed E-state index contributed by atoms with van der Waals surface area (Å²) in [5, 5.41) is 2.90. The summed E-state index contributed by atoms with van der Waals surface area (Å²) in [6, 6.07) is 3.77. The lowest BCUT2D eigenvalue weighted by molar-refractivity contribution is 0.122. The van der Waals surface area contributed by atoms with E-state index in [0.717, 1.165) is 63.7 Å². The summed E-state index contributed by atoms with van der Waals surface area (Å²) in [4.78, 5) is 28.4. The molecule has 8 nitrogen and oxygen atoms in total. The van der Waals surface area contributed by atoms with Gasteiger partial charge in [0.05, 0.1) is 25.1 Å². The quantitative estimate of drug-likeness (QED) is 0.879. The van der Waals surface area contributed by atoms with E-state index in [-0.39, 0.29) is 6.03 Å². The van der Waals surface area contributed by atoms with Crippen LogP contribution in [0.15, 0.2) is 30.7 Å². The number of aromatic amines is 1. The van der Waals surface area contributed by atoms with Crippen LogP contribution in [0.25, 0.3) is 0 Å². The molecule has 0 atom stereocenters. The van der Waals surface area contributed by atoms with Gasteiger partial charge in [0.2, 0.25) is 0 Å². The molecular weight excluding hydrogens is 332 g/mol. The molecule has 0 unspecified atom stereocenters. The highest BCUT2D eigenvalue weighted by Crippen LogP contribution is 2.25. The van der Waals surface area contributed by atoms with E-state index in [1.807, 2.05) is 29.4 Å². The van der Waals surface area contributed by atoms with E-state index in [9.17, 15) is 4.79 Å². The number of amides is 2. The lowest BCUT2D eigenvalue weighted by atomic mass is 9.96. The smallest absolute Gasteiger partial charge is 0.323 e. The number of hydrogen-bond donors (Lipinski definition) is 2. The molecule has 26 heavy (non-hydrogen) atoms. The topological polar surface area (TPSA) is 86.4 Å². The lowest BCUT2D eigenvalue weighted by Gasteiger charge is -2.31. The van der Waals surface area contributed by atoms with Crippen molar-refractivity contribution < 1.29 is 9.53 Å². The zero-order valence-electron chi connectivity index (χ0n) is 14.7. The minimum atomic E-state index is -0.0884.